The molecule has 2 N–H and O–H groups in total. The molecule has 17 heteroatoms. The van der Waals surface area contributed by atoms with Crippen LogP contribution >= 0.6 is 0 Å². The standard InChI is InChI=1S/C26H23F5N4O6S2/c1-25(2)23(36)35(18-8-11-21(28)20(13-18)26(29,30)31)24(37)34(25)14-15-4-5-16(27)12-22(15)33-43(40,41)32-17-6-9-19(10-7-17)42(3,38)39/h4-13,32-33H,14H2,1-3H3. The summed E-state index contributed by atoms with van der Waals surface area (Å²) in [4.78, 5) is 27.9. The first kappa shape index (κ1) is 31.7. The van der Waals surface area contributed by atoms with Gasteiger partial charge in [-0.05, 0) is 74.0 Å². The third-order valence-corrected chi connectivity index (χ3v) is 8.64. The van der Waals surface area contributed by atoms with E-state index in [1.165, 1.54) is 38.1 Å². The van der Waals surface area contributed by atoms with Crippen molar-refractivity contribution in [1.82, 2.24) is 4.90 Å². The molecule has 0 atom stereocenters. The molecule has 0 radical (unpaired) electrons. The van der Waals surface area contributed by atoms with Crippen LogP contribution in [0.25, 0.3) is 0 Å². The van der Waals surface area contributed by atoms with Crippen LogP contribution in [-0.4, -0.2) is 45.5 Å². The summed E-state index contributed by atoms with van der Waals surface area (Å²) in [5.74, 6) is -3.41. The van der Waals surface area contributed by atoms with Gasteiger partial charge in [0.05, 0.1) is 34.1 Å². The van der Waals surface area contributed by atoms with Crippen LogP contribution < -0.4 is 14.3 Å². The molecular weight excluding hydrogens is 623 g/mol. The molecule has 1 aliphatic rings. The predicted molar refractivity (Wildman–Crippen MR) is 146 cm³/mol. The number of nitrogens with one attached hydrogen (secondary N) is 2. The topological polar surface area (TPSA) is 133 Å². The van der Waals surface area contributed by atoms with Crippen molar-refractivity contribution in [1.29, 1.82) is 0 Å². The summed E-state index contributed by atoms with van der Waals surface area (Å²) < 4.78 is 121. The Bertz CT molecular complexity index is 1830. The molecular formula is C26H23F5N4O6S2. The summed E-state index contributed by atoms with van der Waals surface area (Å²) in [6.07, 6.45) is -4.14. The number of carbonyl (C=O) groups excluding carboxylic acids is 2. The second kappa shape index (κ2) is 10.8. The molecule has 3 aromatic rings. The summed E-state index contributed by atoms with van der Waals surface area (Å²) in [6.45, 7) is 2.11. The lowest BCUT2D eigenvalue weighted by Crippen LogP contribution is -2.43. The van der Waals surface area contributed by atoms with E-state index < -0.39 is 73.1 Å². The minimum Gasteiger partial charge on any atom is -0.305 e. The zero-order valence-corrected chi connectivity index (χ0v) is 24.2. The van der Waals surface area contributed by atoms with E-state index in [4.69, 9.17) is 0 Å². The molecule has 0 aliphatic carbocycles. The Labute approximate surface area is 243 Å². The first-order valence-electron chi connectivity index (χ1n) is 12.1. The Balaban J connectivity index is 1.63. The first-order chi connectivity index (χ1) is 19.7. The Morgan fingerprint density at radius 3 is 2.07 bits per heavy atom. The number of amides is 3. The third-order valence-electron chi connectivity index (χ3n) is 6.52. The van der Waals surface area contributed by atoms with Crippen LogP contribution in [0, 0.1) is 11.6 Å². The number of urea groups is 1. The van der Waals surface area contributed by atoms with Crippen LogP contribution in [0.5, 0.6) is 0 Å². The molecule has 1 saturated heterocycles. The summed E-state index contributed by atoms with van der Waals surface area (Å²) in [6, 6.07) is 8.19. The van der Waals surface area contributed by atoms with Gasteiger partial charge in [0.15, 0.2) is 9.84 Å². The van der Waals surface area contributed by atoms with Gasteiger partial charge in [-0.1, -0.05) is 6.07 Å². The van der Waals surface area contributed by atoms with Gasteiger partial charge < -0.3 is 4.90 Å². The number of sulfone groups is 1. The van der Waals surface area contributed by atoms with E-state index in [1.54, 1.807) is 0 Å². The quantitative estimate of drug-likeness (QED) is 0.264. The van der Waals surface area contributed by atoms with Gasteiger partial charge in [0.1, 0.15) is 17.2 Å². The van der Waals surface area contributed by atoms with Gasteiger partial charge in [-0.3, -0.25) is 14.2 Å². The van der Waals surface area contributed by atoms with E-state index in [0.717, 1.165) is 35.4 Å². The highest BCUT2D eigenvalue weighted by Gasteiger charge is 2.52. The number of alkyl halides is 3. The van der Waals surface area contributed by atoms with Crippen LogP contribution in [-0.2, 0) is 37.6 Å². The van der Waals surface area contributed by atoms with Gasteiger partial charge in [-0.15, -0.1) is 0 Å². The number of carbonyl (C=O) groups is 2. The minimum atomic E-state index is -5.11. The van der Waals surface area contributed by atoms with E-state index in [2.05, 4.69) is 9.44 Å². The van der Waals surface area contributed by atoms with Crippen molar-refractivity contribution in [2.45, 2.75) is 37.0 Å². The zero-order valence-electron chi connectivity index (χ0n) is 22.5. The number of anilines is 3. The maximum atomic E-state index is 14.2. The molecule has 230 valence electrons. The lowest BCUT2D eigenvalue weighted by Gasteiger charge is -2.28. The average Bonchev–Trinajstić information content (AvgIpc) is 3.03. The molecule has 1 heterocycles. The number of benzene rings is 3. The largest absolute Gasteiger partial charge is 0.419 e. The smallest absolute Gasteiger partial charge is 0.305 e. The van der Waals surface area contributed by atoms with Crippen molar-refractivity contribution in [3.8, 4) is 0 Å². The van der Waals surface area contributed by atoms with Crippen molar-refractivity contribution in [2.75, 3.05) is 20.6 Å². The maximum absolute atomic E-state index is 14.2. The number of imide groups is 1. The monoisotopic (exact) mass is 646 g/mol. The Hall–Kier alpha value is -4.25. The highest BCUT2D eigenvalue weighted by atomic mass is 32.2. The summed E-state index contributed by atoms with van der Waals surface area (Å²) in [5.41, 5.74) is -4.26. The minimum absolute atomic E-state index is 0.00496. The summed E-state index contributed by atoms with van der Waals surface area (Å²) >= 11 is 0. The van der Waals surface area contributed by atoms with Crippen LogP contribution in [0.3, 0.4) is 0 Å². The molecule has 0 unspecified atom stereocenters. The van der Waals surface area contributed by atoms with E-state index in [9.17, 15) is 48.4 Å². The van der Waals surface area contributed by atoms with Crippen molar-refractivity contribution >= 4 is 49.0 Å². The lowest BCUT2D eigenvalue weighted by molar-refractivity contribution is -0.140. The molecule has 3 aromatic carbocycles. The molecule has 1 aliphatic heterocycles. The van der Waals surface area contributed by atoms with Gasteiger partial charge >= 0.3 is 22.4 Å². The average molecular weight is 647 g/mol. The van der Waals surface area contributed by atoms with Crippen LogP contribution in [0.1, 0.15) is 25.0 Å². The molecule has 0 spiro atoms. The molecule has 3 amide bonds. The van der Waals surface area contributed by atoms with Gasteiger partial charge in [-0.2, -0.15) is 21.6 Å². The van der Waals surface area contributed by atoms with Gasteiger partial charge in [0, 0.05) is 6.26 Å². The summed E-state index contributed by atoms with van der Waals surface area (Å²) in [7, 11) is -8.02. The number of hydrogen-bond donors (Lipinski definition) is 2. The predicted octanol–water partition coefficient (Wildman–Crippen LogP) is 4.90. The number of rotatable bonds is 8. The zero-order chi connectivity index (χ0) is 32.1. The number of hydrogen-bond acceptors (Lipinski definition) is 6. The van der Waals surface area contributed by atoms with Crippen molar-refractivity contribution in [3.05, 3.63) is 83.4 Å². The van der Waals surface area contributed by atoms with Crippen molar-refractivity contribution in [2.24, 2.45) is 0 Å². The molecule has 0 saturated carbocycles. The molecule has 1 fully saturated rings. The second-order valence-electron chi connectivity index (χ2n) is 10.0. The van der Waals surface area contributed by atoms with Crippen molar-refractivity contribution < 1.29 is 48.4 Å². The van der Waals surface area contributed by atoms with Gasteiger partial charge in [-0.25, -0.2) is 26.9 Å². The second-order valence-corrected chi connectivity index (χ2v) is 13.5. The number of nitrogens with zero attached hydrogens (tertiary/aromatic N) is 2. The maximum Gasteiger partial charge on any atom is 0.419 e. The van der Waals surface area contributed by atoms with E-state index >= 15 is 0 Å². The van der Waals surface area contributed by atoms with Crippen molar-refractivity contribution in [3.63, 3.8) is 0 Å². The molecule has 10 nitrogen and oxygen atoms in total. The Morgan fingerprint density at radius 2 is 1.49 bits per heavy atom. The molecule has 0 bridgehead atoms. The highest BCUT2D eigenvalue weighted by Crippen LogP contribution is 2.38. The molecule has 4 rings (SSSR count). The highest BCUT2D eigenvalue weighted by molar-refractivity contribution is 7.94. The molecule has 43 heavy (non-hydrogen) atoms. The third kappa shape index (κ3) is 6.56. The van der Waals surface area contributed by atoms with Crippen LogP contribution in [0.15, 0.2) is 65.6 Å². The van der Waals surface area contributed by atoms with Gasteiger partial charge in [0.25, 0.3) is 5.91 Å². The van der Waals surface area contributed by atoms with Gasteiger partial charge in [0.2, 0.25) is 0 Å². The normalized spacial score (nSPS) is 15.6. The fourth-order valence-corrected chi connectivity index (χ4v) is 5.85. The summed E-state index contributed by atoms with van der Waals surface area (Å²) in [5, 5.41) is 0. The Morgan fingerprint density at radius 1 is 0.860 bits per heavy atom. The van der Waals surface area contributed by atoms with E-state index in [0.29, 0.717) is 17.0 Å². The van der Waals surface area contributed by atoms with E-state index in [-0.39, 0.29) is 21.8 Å². The van der Waals surface area contributed by atoms with Crippen LogP contribution in [0.2, 0.25) is 0 Å². The lowest BCUT2D eigenvalue weighted by atomic mass is 10.0. The molecule has 0 aromatic heterocycles. The first-order valence-corrected chi connectivity index (χ1v) is 15.5. The fourth-order valence-electron chi connectivity index (χ4n) is 4.25. The Kier molecular flexibility index (Phi) is 7.95. The number of halogens is 5. The van der Waals surface area contributed by atoms with E-state index in [1.807, 2.05) is 0 Å². The fraction of sp³-hybridized carbons (Fsp3) is 0.231. The SMILES string of the molecule is CC1(C)C(=O)N(c2ccc(F)c(C(F)(F)F)c2)C(=O)N1Cc1ccc(F)cc1NS(=O)(=O)Nc1ccc(S(C)(=O)=O)cc1. The van der Waals surface area contributed by atoms with Crippen LogP contribution in [0.4, 0.5) is 43.8 Å².